The van der Waals surface area contributed by atoms with Crippen molar-refractivity contribution in [3.63, 3.8) is 0 Å². The summed E-state index contributed by atoms with van der Waals surface area (Å²) in [5.74, 6) is 0.760. The van der Waals surface area contributed by atoms with E-state index in [2.05, 4.69) is 9.80 Å². The van der Waals surface area contributed by atoms with E-state index in [9.17, 15) is 9.59 Å². The van der Waals surface area contributed by atoms with Crippen LogP contribution in [0.3, 0.4) is 0 Å². The minimum absolute atomic E-state index is 0.0720. The first kappa shape index (κ1) is 23.8. The van der Waals surface area contributed by atoms with E-state index in [1.54, 1.807) is 23.1 Å². The zero-order chi connectivity index (χ0) is 22.5. The van der Waals surface area contributed by atoms with Gasteiger partial charge in [0.05, 0.1) is 16.0 Å². The number of amides is 2. The molecule has 176 valence electrons. The lowest BCUT2D eigenvalue weighted by Crippen LogP contribution is -2.49. The van der Waals surface area contributed by atoms with Crippen molar-refractivity contribution in [2.45, 2.75) is 51.4 Å². The molecule has 0 aliphatic carbocycles. The van der Waals surface area contributed by atoms with Crippen LogP contribution in [0.1, 0.15) is 61.7 Å². The molecule has 5 nitrogen and oxygen atoms in total. The van der Waals surface area contributed by atoms with Crippen molar-refractivity contribution in [2.75, 3.05) is 45.8 Å². The highest BCUT2D eigenvalue weighted by Gasteiger charge is 2.33. The summed E-state index contributed by atoms with van der Waals surface area (Å²) in [5, 5.41) is 0.819. The van der Waals surface area contributed by atoms with E-state index in [0.717, 1.165) is 38.8 Å². The number of carbonyl (C=O) groups excluding carboxylic acids is 2. The third-order valence-corrected chi connectivity index (χ3v) is 8.10. The zero-order valence-corrected chi connectivity index (χ0v) is 20.4. The predicted molar refractivity (Wildman–Crippen MR) is 129 cm³/mol. The molecule has 3 saturated heterocycles. The fourth-order valence-electron chi connectivity index (χ4n) is 5.45. The Balaban J connectivity index is 1.28. The molecule has 0 radical (unpaired) electrons. The van der Waals surface area contributed by atoms with Crippen LogP contribution in [0.4, 0.5) is 0 Å². The molecule has 1 aromatic rings. The molecule has 1 unspecified atom stereocenters. The van der Waals surface area contributed by atoms with Crippen LogP contribution in [-0.4, -0.2) is 72.3 Å². The molecular formula is C25H35Cl2N3O2. The van der Waals surface area contributed by atoms with Gasteiger partial charge in [0.25, 0.3) is 5.91 Å². The van der Waals surface area contributed by atoms with Gasteiger partial charge in [0.15, 0.2) is 0 Å². The topological polar surface area (TPSA) is 43.9 Å². The maximum atomic E-state index is 13.2. The quantitative estimate of drug-likeness (QED) is 0.612. The number of hydrogen-bond donors (Lipinski definition) is 0. The molecule has 0 saturated carbocycles. The number of benzene rings is 1. The monoisotopic (exact) mass is 479 g/mol. The standard InChI is InChI=1S/C25H35Cl2N3O2/c26-22-8-7-20(16-23(22)27)24(31)30-13-5-6-21(18-30)25(32)29-14-9-19(10-15-29)17-28-11-3-1-2-4-12-28/h7-8,16,19,21H,1-6,9-15,17-18H2. The lowest BCUT2D eigenvalue weighted by molar-refractivity contribution is -0.138. The first-order valence-electron chi connectivity index (χ1n) is 12.3. The fraction of sp³-hybridized carbons (Fsp3) is 0.680. The van der Waals surface area contributed by atoms with E-state index in [4.69, 9.17) is 23.2 Å². The summed E-state index contributed by atoms with van der Waals surface area (Å²) < 4.78 is 0. The van der Waals surface area contributed by atoms with Crippen LogP contribution in [0, 0.1) is 11.8 Å². The second-order valence-electron chi connectivity index (χ2n) is 9.70. The van der Waals surface area contributed by atoms with E-state index in [0.29, 0.717) is 34.6 Å². The van der Waals surface area contributed by atoms with E-state index < -0.39 is 0 Å². The van der Waals surface area contributed by atoms with Crippen molar-refractivity contribution in [3.8, 4) is 0 Å². The zero-order valence-electron chi connectivity index (χ0n) is 18.9. The van der Waals surface area contributed by atoms with Gasteiger partial charge in [0.2, 0.25) is 5.91 Å². The highest BCUT2D eigenvalue weighted by atomic mass is 35.5. The molecule has 3 heterocycles. The van der Waals surface area contributed by atoms with Crippen molar-refractivity contribution in [1.29, 1.82) is 0 Å². The summed E-state index contributed by atoms with van der Waals surface area (Å²) in [6.07, 6.45) is 9.31. The maximum absolute atomic E-state index is 13.2. The molecule has 0 aromatic heterocycles. The van der Waals surface area contributed by atoms with Gasteiger partial charge in [0.1, 0.15) is 0 Å². The van der Waals surface area contributed by atoms with Crippen LogP contribution in [0.25, 0.3) is 0 Å². The van der Waals surface area contributed by atoms with E-state index in [1.807, 2.05) is 0 Å². The van der Waals surface area contributed by atoms with E-state index in [1.165, 1.54) is 45.3 Å². The van der Waals surface area contributed by atoms with Crippen molar-refractivity contribution < 1.29 is 9.59 Å². The Labute approximate surface area is 202 Å². The Bertz CT molecular complexity index is 802. The fourth-order valence-corrected chi connectivity index (χ4v) is 5.75. The van der Waals surface area contributed by atoms with Crippen LogP contribution < -0.4 is 0 Å². The molecule has 3 aliphatic rings. The Hall–Kier alpha value is -1.30. The molecule has 3 aliphatic heterocycles. The van der Waals surface area contributed by atoms with Gasteiger partial charge in [-0.25, -0.2) is 0 Å². The summed E-state index contributed by atoms with van der Waals surface area (Å²) in [6.45, 7) is 6.56. The Morgan fingerprint density at radius 2 is 1.53 bits per heavy atom. The highest BCUT2D eigenvalue weighted by molar-refractivity contribution is 6.42. The van der Waals surface area contributed by atoms with Crippen molar-refractivity contribution in [1.82, 2.24) is 14.7 Å². The Morgan fingerprint density at radius 1 is 0.812 bits per heavy atom. The van der Waals surface area contributed by atoms with Gasteiger partial charge in [-0.15, -0.1) is 0 Å². The summed E-state index contributed by atoms with van der Waals surface area (Å²) in [4.78, 5) is 32.7. The van der Waals surface area contributed by atoms with Crippen LogP contribution in [0.2, 0.25) is 10.0 Å². The third-order valence-electron chi connectivity index (χ3n) is 7.37. The van der Waals surface area contributed by atoms with Crippen LogP contribution in [0.5, 0.6) is 0 Å². The molecule has 1 atom stereocenters. The number of carbonyl (C=O) groups is 2. The number of piperidine rings is 2. The largest absolute Gasteiger partial charge is 0.342 e. The van der Waals surface area contributed by atoms with Gasteiger partial charge < -0.3 is 14.7 Å². The second-order valence-corrected chi connectivity index (χ2v) is 10.5. The van der Waals surface area contributed by atoms with Crippen molar-refractivity contribution in [3.05, 3.63) is 33.8 Å². The summed E-state index contributed by atoms with van der Waals surface area (Å²) >= 11 is 12.1. The average molecular weight is 480 g/mol. The number of nitrogens with zero attached hydrogens (tertiary/aromatic N) is 3. The lowest BCUT2D eigenvalue weighted by atomic mass is 9.92. The molecule has 7 heteroatoms. The minimum atomic E-state index is -0.0994. The third kappa shape index (κ3) is 5.98. The van der Waals surface area contributed by atoms with E-state index in [-0.39, 0.29) is 17.7 Å². The number of halogens is 2. The molecule has 3 fully saturated rings. The van der Waals surface area contributed by atoms with Gasteiger partial charge in [0, 0.05) is 38.3 Å². The molecule has 0 spiro atoms. The predicted octanol–water partition coefficient (Wildman–Crippen LogP) is 4.96. The number of rotatable bonds is 4. The van der Waals surface area contributed by atoms with Crippen LogP contribution in [-0.2, 0) is 4.79 Å². The molecule has 0 N–H and O–H groups in total. The van der Waals surface area contributed by atoms with Crippen molar-refractivity contribution >= 4 is 35.0 Å². The molecule has 4 rings (SSSR count). The van der Waals surface area contributed by atoms with Crippen LogP contribution >= 0.6 is 23.2 Å². The SMILES string of the molecule is O=C(c1ccc(Cl)c(Cl)c1)N1CCCC(C(=O)N2CCC(CN3CCCCCC3)CC2)C1. The lowest BCUT2D eigenvalue weighted by Gasteiger charge is -2.38. The molecule has 0 bridgehead atoms. The van der Waals surface area contributed by atoms with Crippen LogP contribution in [0.15, 0.2) is 18.2 Å². The van der Waals surface area contributed by atoms with E-state index >= 15 is 0 Å². The summed E-state index contributed by atoms with van der Waals surface area (Å²) in [5.41, 5.74) is 0.529. The summed E-state index contributed by atoms with van der Waals surface area (Å²) in [6, 6.07) is 4.98. The first-order chi connectivity index (χ1) is 15.5. The first-order valence-corrected chi connectivity index (χ1v) is 13.0. The normalized spacial score (nSPS) is 23.8. The number of likely N-dealkylation sites (tertiary alicyclic amines) is 3. The highest BCUT2D eigenvalue weighted by Crippen LogP contribution is 2.27. The Kier molecular flexibility index (Phi) is 8.36. The summed E-state index contributed by atoms with van der Waals surface area (Å²) in [7, 11) is 0. The number of hydrogen-bond acceptors (Lipinski definition) is 3. The van der Waals surface area contributed by atoms with Gasteiger partial charge in [-0.1, -0.05) is 36.0 Å². The molecule has 1 aromatic carbocycles. The molecule has 32 heavy (non-hydrogen) atoms. The maximum Gasteiger partial charge on any atom is 0.253 e. The average Bonchev–Trinajstić information content (AvgIpc) is 3.09. The molecule has 2 amide bonds. The van der Waals surface area contributed by atoms with Crippen molar-refractivity contribution in [2.24, 2.45) is 11.8 Å². The smallest absolute Gasteiger partial charge is 0.253 e. The van der Waals surface area contributed by atoms with Gasteiger partial charge >= 0.3 is 0 Å². The molecular weight excluding hydrogens is 445 g/mol. The van der Waals surface area contributed by atoms with Gasteiger partial charge in [-0.05, 0) is 75.7 Å². The second kappa shape index (κ2) is 11.2. The van der Waals surface area contributed by atoms with Gasteiger partial charge in [-0.2, -0.15) is 0 Å². The van der Waals surface area contributed by atoms with Gasteiger partial charge in [-0.3, -0.25) is 9.59 Å². The minimum Gasteiger partial charge on any atom is -0.342 e. The Morgan fingerprint density at radius 3 is 2.22 bits per heavy atom.